The third-order valence-corrected chi connectivity index (χ3v) is 2.58. The van der Waals surface area contributed by atoms with E-state index in [1.807, 2.05) is 32.0 Å². The standard InChI is InChI=1S/C10H13Br2N3/c1-6(2)14-10(15-13)7-3-8(11)5-9(12)4-7/h3-6H,13H2,1-2H3,(H,14,15). The minimum Gasteiger partial charge on any atom is -0.308 e. The Labute approximate surface area is 106 Å². The van der Waals surface area contributed by atoms with E-state index in [-0.39, 0.29) is 6.04 Å². The van der Waals surface area contributed by atoms with Crippen molar-refractivity contribution in [2.75, 3.05) is 0 Å². The van der Waals surface area contributed by atoms with Crippen molar-refractivity contribution in [2.45, 2.75) is 19.9 Å². The molecule has 0 radical (unpaired) electrons. The summed E-state index contributed by atoms with van der Waals surface area (Å²) < 4.78 is 1.97. The molecule has 82 valence electrons. The maximum absolute atomic E-state index is 5.44. The van der Waals surface area contributed by atoms with E-state index in [0.29, 0.717) is 5.84 Å². The van der Waals surface area contributed by atoms with Crippen LogP contribution in [-0.4, -0.2) is 11.9 Å². The minimum atomic E-state index is 0.203. The molecule has 0 spiro atoms. The molecule has 0 unspecified atom stereocenters. The molecule has 15 heavy (non-hydrogen) atoms. The van der Waals surface area contributed by atoms with E-state index in [1.54, 1.807) is 0 Å². The lowest BCUT2D eigenvalue weighted by Gasteiger charge is -2.08. The molecule has 0 atom stereocenters. The zero-order valence-electron chi connectivity index (χ0n) is 8.59. The molecule has 0 aliphatic heterocycles. The molecule has 0 amide bonds. The van der Waals surface area contributed by atoms with Gasteiger partial charge in [-0.15, -0.1) is 0 Å². The number of amidine groups is 1. The molecule has 0 heterocycles. The van der Waals surface area contributed by atoms with Gasteiger partial charge in [0.25, 0.3) is 0 Å². The Balaban J connectivity index is 3.12. The Kier molecular flexibility index (Phi) is 4.76. The number of nitrogens with one attached hydrogen (secondary N) is 1. The predicted molar refractivity (Wildman–Crippen MR) is 70.8 cm³/mol. The van der Waals surface area contributed by atoms with Gasteiger partial charge in [0.15, 0.2) is 0 Å². The second kappa shape index (κ2) is 5.63. The number of nitrogens with zero attached hydrogens (tertiary/aromatic N) is 1. The van der Waals surface area contributed by atoms with E-state index in [2.05, 4.69) is 42.3 Å². The molecule has 0 fully saturated rings. The molecule has 5 heteroatoms. The summed E-state index contributed by atoms with van der Waals surface area (Å²) in [5.41, 5.74) is 3.56. The topological polar surface area (TPSA) is 50.4 Å². The monoisotopic (exact) mass is 333 g/mol. The second-order valence-corrected chi connectivity index (χ2v) is 5.21. The van der Waals surface area contributed by atoms with Crippen LogP contribution in [0.3, 0.4) is 0 Å². The van der Waals surface area contributed by atoms with Crippen molar-refractivity contribution in [3.63, 3.8) is 0 Å². The third kappa shape index (κ3) is 3.93. The lowest BCUT2D eigenvalue weighted by molar-refractivity contribution is 0.820. The van der Waals surface area contributed by atoms with Crippen LogP contribution in [0.4, 0.5) is 0 Å². The molecule has 0 aliphatic rings. The average molecular weight is 335 g/mol. The Morgan fingerprint density at radius 1 is 1.27 bits per heavy atom. The van der Waals surface area contributed by atoms with Crippen molar-refractivity contribution in [2.24, 2.45) is 10.8 Å². The highest BCUT2D eigenvalue weighted by Gasteiger charge is 2.04. The van der Waals surface area contributed by atoms with Crippen LogP contribution in [0.25, 0.3) is 0 Å². The Morgan fingerprint density at radius 3 is 2.20 bits per heavy atom. The van der Waals surface area contributed by atoms with Crippen molar-refractivity contribution >= 4 is 37.7 Å². The van der Waals surface area contributed by atoms with E-state index in [1.165, 1.54) is 0 Å². The van der Waals surface area contributed by atoms with Crippen LogP contribution in [-0.2, 0) is 0 Å². The Hall–Kier alpha value is -0.390. The summed E-state index contributed by atoms with van der Waals surface area (Å²) >= 11 is 6.85. The largest absolute Gasteiger partial charge is 0.308 e. The number of benzene rings is 1. The van der Waals surface area contributed by atoms with Gasteiger partial charge in [-0.05, 0) is 32.0 Å². The molecule has 0 aromatic heterocycles. The van der Waals surface area contributed by atoms with Crippen LogP contribution in [0.1, 0.15) is 19.4 Å². The number of hydrazine groups is 1. The molecule has 1 aromatic rings. The summed E-state index contributed by atoms with van der Waals surface area (Å²) in [5, 5.41) is 0. The first kappa shape index (κ1) is 12.7. The Bertz CT molecular complexity index is 355. The summed E-state index contributed by atoms with van der Waals surface area (Å²) in [6, 6.07) is 6.10. The lowest BCUT2D eigenvalue weighted by Crippen LogP contribution is -2.32. The van der Waals surface area contributed by atoms with Crippen LogP contribution in [0.2, 0.25) is 0 Å². The molecule has 1 aromatic carbocycles. The molecule has 1 rings (SSSR count). The van der Waals surface area contributed by atoms with Crippen LogP contribution in [0.5, 0.6) is 0 Å². The van der Waals surface area contributed by atoms with Gasteiger partial charge in [0, 0.05) is 20.6 Å². The van der Waals surface area contributed by atoms with E-state index in [4.69, 9.17) is 5.84 Å². The van der Waals surface area contributed by atoms with Crippen molar-refractivity contribution in [3.05, 3.63) is 32.7 Å². The highest BCUT2D eigenvalue weighted by atomic mass is 79.9. The van der Waals surface area contributed by atoms with Gasteiger partial charge in [-0.1, -0.05) is 31.9 Å². The van der Waals surface area contributed by atoms with Crippen molar-refractivity contribution in [3.8, 4) is 0 Å². The van der Waals surface area contributed by atoms with Crippen LogP contribution >= 0.6 is 31.9 Å². The summed E-state index contributed by atoms with van der Waals surface area (Å²) in [4.78, 5) is 4.39. The predicted octanol–water partition coefficient (Wildman–Crippen LogP) is 2.83. The van der Waals surface area contributed by atoms with E-state index in [9.17, 15) is 0 Å². The normalized spacial score (nSPS) is 12.0. The molecule has 3 N–H and O–H groups in total. The smallest absolute Gasteiger partial charge is 0.142 e. The van der Waals surface area contributed by atoms with Gasteiger partial charge in [0.2, 0.25) is 0 Å². The zero-order valence-corrected chi connectivity index (χ0v) is 11.8. The van der Waals surface area contributed by atoms with Gasteiger partial charge in [-0.2, -0.15) is 0 Å². The van der Waals surface area contributed by atoms with E-state index in [0.717, 1.165) is 14.5 Å². The lowest BCUT2D eigenvalue weighted by atomic mass is 10.2. The van der Waals surface area contributed by atoms with Crippen LogP contribution in [0.15, 0.2) is 32.1 Å². The number of rotatable bonds is 2. The fraction of sp³-hybridized carbons (Fsp3) is 0.300. The first-order valence-corrected chi connectivity index (χ1v) is 6.12. The summed E-state index contributed by atoms with van der Waals surface area (Å²) in [6.07, 6.45) is 0. The summed E-state index contributed by atoms with van der Waals surface area (Å²) in [5.74, 6) is 6.13. The molecule has 0 saturated carbocycles. The van der Waals surface area contributed by atoms with Crippen molar-refractivity contribution < 1.29 is 0 Å². The fourth-order valence-electron chi connectivity index (χ4n) is 1.14. The van der Waals surface area contributed by atoms with Gasteiger partial charge >= 0.3 is 0 Å². The highest BCUT2D eigenvalue weighted by Crippen LogP contribution is 2.20. The molecule has 0 aliphatic carbocycles. The number of halogens is 2. The van der Waals surface area contributed by atoms with Gasteiger partial charge in [0.1, 0.15) is 5.84 Å². The first-order chi connectivity index (χ1) is 7.02. The minimum absolute atomic E-state index is 0.203. The number of hydrogen-bond acceptors (Lipinski definition) is 2. The molecule has 0 saturated heterocycles. The number of aliphatic imine (C=N–C) groups is 1. The zero-order chi connectivity index (χ0) is 11.4. The fourth-order valence-corrected chi connectivity index (χ4v) is 2.44. The number of hydrogen-bond donors (Lipinski definition) is 2. The number of nitrogens with two attached hydrogens (primary N) is 1. The van der Waals surface area contributed by atoms with Crippen molar-refractivity contribution in [1.82, 2.24) is 5.43 Å². The summed E-state index contributed by atoms with van der Waals surface area (Å²) in [7, 11) is 0. The Morgan fingerprint density at radius 2 is 1.80 bits per heavy atom. The maximum atomic E-state index is 5.44. The second-order valence-electron chi connectivity index (χ2n) is 3.37. The van der Waals surface area contributed by atoms with Crippen LogP contribution in [0, 0.1) is 0 Å². The summed E-state index contributed by atoms with van der Waals surface area (Å²) in [6.45, 7) is 4.01. The first-order valence-electron chi connectivity index (χ1n) is 4.54. The van der Waals surface area contributed by atoms with E-state index >= 15 is 0 Å². The van der Waals surface area contributed by atoms with E-state index < -0.39 is 0 Å². The molecule has 0 bridgehead atoms. The molecule has 3 nitrogen and oxygen atoms in total. The molecular formula is C10H13Br2N3. The van der Waals surface area contributed by atoms with Crippen molar-refractivity contribution in [1.29, 1.82) is 0 Å². The van der Waals surface area contributed by atoms with Crippen LogP contribution < -0.4 is 11.3 Å². The maximum Gasteiger partial charge on any atom is 0.142 e. The van der Waals surface area contributed by atoms with Gasteiger partial charge in [0.05, 0.1) is 0 Å². The van der Waals surface area contributed by atoms with Gasteiger partial charge in [-0.25, -0.2) is 5.84 Å². The SMILES string of the molecule is CC(C)N=C(NN)c1cc(Br)cc(Br)c1. The third-order valence-electron chi connectivity index (χ3n) is 1.66. The molecular weight excluding hydrogens is 322 g/mol. The average Bonchev–Trinajstić information content (AvgIpc) is 2.12. The van der Waals surface area contributed by atoms with Gasteiger partial charge < -0.3 is 5.43 Å². The quantitative estimate of drug-likeness (QED) is 0.378. The van der Waals surface area contributed by atoms with Gasteiger partial charge in [-0.3, -0.25) is 4.99 Å². The highest BCUT2D eigenvalue weighted by molar-refractivity contribution is 9.11.